The summed E-state index contributed by atoms with van der Waals surface area (Å²) in [6, 6.07) is 23.4. The number of nitrogens with one attached hydrogen (secondary N) is 3. The highest BCUT2D eigenvalue weighted by Crippen LogP contribution is 2.35. The Morgan fingerprint density at radius 1 is 0.931 bits per heavy atom. The first kappa shape index (κ1) is 18.6. The summed E-state index contributed by atoms with van der Waals surface area (Å²) in [7, 11) is 0. The number of ether oxygens (including phenoxy) is 1. The maximum absolute atomic E-state index is 13.0. The lowest BCUT2D eigenvalue weighted by molar-refractivity contribution is -0.120. The van der Waals surface area contributed by atoms with Gasteiger partial charge in [0.25, 0.3) is 5.91 Å². The largest absolute Gasteiger partial charge is 0.481 e. The highest BCUT2D eigenvalue weighted by Gasteiger charge is 2.22. The minimum Gasteiger partial charge on any atom is -0.481 e. The molecule has 6 heteroatoms. The van der Waals surface area contributed by atoms with E-state index in [0.717, 1.165) is 22.6 Å². The first-order valence-corrected chi connectivity index (χ1v) is 9.26. The summed E-state index contributed by atoms with van der Waals surface area (Å²) >= 11 is 0. The van der Waals surface area contributed by atoms with Crippen LogP contribution in [0.2, 0.25) is 0 Å². The van der Waals surface area contributed by atoms with Crippen LogP contribution in [-0.4, -0.2) is 12.5 Å². The summed E-state index contributed by atoms with van der Waals surface area (Å²) in [5.41, 5.74) is 9.02. The van der Waals surface area contributed by atoms with Crippen molar-refractivity contribution in [2.24, 2.45) is 0 Å². The van der Waals surface area contributed by atoms with Gasteiger partial charge >= 0.3 is 0 Å². The van der Waals surface area contributed by atoms with E-state index in [-0.39, 0.29) is 24.4 Å². The van der Waals surface area contributed by atoms with Crippen molar-refractivity contribution in [2.45, 2.75) is 6.10 Å². The van der Waals surface area contributed by atoms with Gasteiger partial charge in [-0.1, -0.05) is 42.5 Å². The fourth-order valence-electron chi connectivity index (χ4n) is 3.05. The number of hydrogen-bond donors (Lipinski definition) is 3. The Balaban J connectivity index is 1.43. The predicted octanol–water partition coefficient (Wildman–Crippen LogP) is 4.03. The summed E-state index contributed by atoms with van der Waals surface area (Å²) in [6.45, 7) is 0.0478. The standard InChI is InChI=1S/C23H20FN3O2/c24-17-10-12-18(13-11-17)25-15-23(28)27-26-20-14-22(16-6-2-1-3-7-16)29-21-9-5-4-8-19(20)21/h1-14,22,25-26H,15H2,(H,27,28)/t22-/m1/s1. The van der Waals surface area contributed by atoms with E-state index in [1.54, 1.807) is 12.1 Å². The van der Waals surface area contributed by atoms with Gasteiger partial charge in [0.1, 0.15) is 17.7 Å². The molecule has 146 valence electrons. The highest BCUT2D eigenvalue weighted by atomic mass is 19.1. The zero-order valence-corrected chi connectivity index (χ0v) is 15.6. The van der Waals surface area contributed by atoms with Crippen molar-refractivity contribution in [1.82, 2.24) is 10.9 Å². The molecule has 1 amide bonds. The maximum atomic E-state index is 13.0. The van der Waals surface area contributed by atoms with E-state index in [1.165, 1.54) is 12.1 Å². The molecular weight excluding hydrogens is 369 g/mol. The molecule has 1 aliphatic rings. The van der Waals surface area contributed by atoms with Gasteiger partial charge in [-0.25, -0.2) is 4.39 Å². The van der Waals surface area contributed by atoms with Crippen molar-refractivity contribution >= 4 is 17.3 Å². The SMILES string of the molecule is O=C(CNc1ccc(F)cc1)NNC1=C[C@H](c2ccccc2)Oc2ccccc21. The average molecular weight is 389 g/mol. The zero-order valence-electron chi connectivity index (χ0n) is 15.6. The molecule has 0 spiro atoms. The first-order chi connectivity index (χ1) is 14.2. The normalized spacial score (nSPS) is 14.8. The number of para-hydroxylation sites is 1. The van der Waals surface area contributed by atoms with Gasteiger partial charge in [0.2, 0.25) is 0 Å². The fourth-order valence-corrected chi connectivity index (χ4v) is 3.05. The van der Waals surface area contributed by atoms with E-state index >= 15 is 0 Å². The van der Waals surface area contributed by atoms with Gasteiger partial charge in [-0.2, -0.15) is 0 Å². The van der Waals surface area contributed by atoms with Crippen LogP contribution in [0.4, 0.5) is 10.1 Å². The third-order valence-corrected chi connectivity index (χ3v) is 4.51. The molecule has 0 unspecified atom stereocenters. The Morgan fingerprint density at radius 2 is 1.66 bits per heavy atom. The molecule has 0 saturated carbocycles. The van der Waals surface area contributed by atoms with Crippen LogP contribution in [0.1, 0.15) is 17.2 Å². The second-order valence-electron chi connectivity index (χ2n) is 6.56. The van der Waals surface area contributed by atoms with E-state index < -0.39 is 0 Å². The second-order valence-corrected chi connectivity index (χ2v) is 6.56. The van der Waals surface area contributed by atoms with Crippen LogP contribution in [0.25, 0.3) is 5.70 Å². The molecule has 1 aliphatic heterocycles. The second kappa shape index (κ2) is 8.48. The number of amides is 1. The van der Waals surface area contributed by atoms with E-state index in [4.69, 9.17) is 4.74 Å². The number of rotatable bonds is 6. The van der Waals surface area contributed by atoms with Gasteiger partial charge in [0.05, 0.1) is 12.2 Å². The van der Waals surface area contributed by atoms with Crippen molar-refractivity contribution in [3.05, 3.63) is 102 Å². The molecule has 4 rings (SSSR count). The van der Waals surface area contributed by atoms with Crippen LogP contribution in [0.15, 0.2) is 84.9 Å². The van der Waals surface area contributed by atoms with Crippen LogP contribution in [0.5, 0.6) is 5.75 Å². The van der Waals surface area contributed by atoms with E-state index in [2.05, 4.69) is 16.2 Å². The monoisotopic (exact) mass is 389 g/mol. The molecular formula is C23H20FN3O2. The van der Waals surface area contributed by atoms with Gasteiger partial charge < -0.3 is 10.1 Å². The van der Waals surface area contributed by atoms with E-state index in [1.807, 2.05) is 60.7 Å². The molecule has 5 nitrogen and oxygen atoms in total. The molecule has 3 N–H and O–H groups in total. The Bertz CT molecular complexity index is 1020. The Morgan fingerprint density at radius 3 is 2.45 bits per heavy atom. The zero-order chi connectivity index (χ0) is 20.1. The lowest BCUT2D eigenvalue weighted by Crippen LogP contribution is -2.40. The van der Waals surface area contributed by atoms with Gasteiger partial charge in [-0.15, -0.1) is 0 Å². The highest BCUT2D eigenvalue weighted by molar-refractivity contribution is 5.82. The first-order valence-electron chi connectivity index (χ1n) is 9.26. The van der Waals surface area contributed by atoms with Crippen LogP contribution in [0, 0.1) is 5.82 Å². The molecule has 3 aromatic carbocycles. The number of hydrogen-bond acceptors (Lipinski definition) is 4. The minimum absolute atomic E-state index is 0.0478. The molecule has 0 saturated heterocycles. The van der Waals surface area contributed by atoms with Gasteiger partial charge in [0.15, 0.2) is 0 Å². The minimum atomic E-state index is -0.320. The quantitative estimate of drug-likeness (QED) is 0.557. The van der Waals surface area contributed by atoms with Crippen molar-refractivity contribution < 1.29 is 13.9 Å². The number of carbonyl (C=O) groups is 1. The van der Waals surface area contributed by atoms with Gasteiger partial charge in [0, 0.05) is 11.3 Å². The van der Waals surface area contributed by atoms with Crippen molar-refractivity contribution in [1.29, 1.82) is 0 Å². The summed E-state index contributed by atoms with van der Waals surface area (Å²) in [5, 5.41) is 2.95. The number of carbonyl (C=O) groups excluding carboxylic acids is 1. The molecule has 29 heavy (non-hydrogen) atoms. The number of halogens is 1. The van der Waals surface area contributed by atoms with Crippen LogP contribution < -0.4 is 20.9 Å². The van der Waals surface area contributed by atoms with Crippen molar-refractivity contribution in [3.63, 3.8) is 0 Å². The third-order valence-electron chi connectivity index (χ3n) is 4.51. The van der Waals surface area contributed by atoms with Crippen molar-refractivity contribution in [3.8, 4) is 5.75 Å². The van der Waals surface area contributed by atoms with Crippen LogP contribution in [-0.2, 0) is 4.79 Å². The number of benzene rings is 3. The molecule has 0 radical (unpaired) electrons. The molecule has 0 bridgehead atoms. The van der Waals surface area contributed by atoms with E-state index in [9.17, 15) is 9.18 Å². The third kappa shape index (κ3) is 4.55. The lowest BCUT2D eigenvalue weighted by Gasteiger charge is -2.26. The smallest absolute Gasteiger partial charge is 0.257 e. The average Bonchev–Trinajstić information content (AvgIpc) is 2.77. The number of anilines is 1. The summed E-state index contributed by atoms with van der Waals surface area (Å²) in [6.07, 6.45) is 1.67. The van der Waals surface area contributed by atoms with Gasteiger partial charge in [-0.05, 0) is 48.0 Å². The molecule has 0 aliphatic carbocycles. The maximum Gasteiger partial charge on any atom is 0.257 e. The number of fused-ring (bicyclic) bond motifs is 1. The Kier molecular flexibility index (Phi) is 5.42. The lowest BCUT2D eigenvalue weighted by atomic mass is 10.0. The predicted molar refractivity (Wildman–Crippen MR) is 110 cm³/mol. The summed E-state index contributed by atoms with van der Waals surface area (Å²) in [4.78, 5) is 12.2. The number of hydrazine groups is 1. The van der Waals surface area contributed by atoms with Crippen LogP contribution in [0.3, 0.4) is 0 Å². The molecule has 1 heterocycles. The topological polar surface area (TPSA) is 62.4 Å². The summed E-state index contributed by atoms with van der Waals surface area (Å²) in [5.74, 6) is 0.167. The molecule has 1 atom stereocenters. The Hall–Kier alpha value is -3.80. The van der Waals surface area contributed by atoms with Gasteiger partial charge in [-0.3, -0.25) is 15.6 Å². The van der Waals surface area contributed by atoms with Crippen LogP contribution >= 0.6 is 0 Å². The molecule has 0 aromatic heterocycles. The Labute approximate surface area is 168 Å². The molecule has 0 fully saturated rings. The summed E-state index contributed by atoms with van der Waals surface area (Å²) < 4.78 is 19.1. The fraction of sp³-hybridized carbons (Fsp3) is 0.0870. The van der Waals surface area contributed by atoms with E-state index in [0.29, 0.717) is 5.69 Å². The van der Waals surface area contributed by atoms with Crippen molar-refractivity contribution in [2.75, 3.05) is 11.9 Å². The molecule has 3 aromatic rings.